The molecular formula is C22H26N2O4. The number of rotatable bonds is 7. The summed E-state index contributed by atoms with van der Waals surface area (Å²) >= 11 is 0. The van der Waals surface area contributed by atoms with E-state index in [9.17, 15) is 9.59 Å². The van der Waals surface area contributed by atoms with Crippen molar-refractivity contribution in [2.45, 2.75) is 38.0 Å². The SMILES string of the molecule is COc1ccc(C[C@H](N)C(=O)N2CCC[C@@H]2C(=O)OCc2ccccc2)cc1. The molecule has 2 N–H and O–H groups in total. The third kappa shape index (κ3) is 4.89. The van der Waals surface area contributed by atoms with Gasteiger partial charge in [0.25, 0.3) is 0 Å². The van der Waals surface area contributed by atoms with Crippen LogP contribution < -0.4 is 10.5 Å². The molecule has 0 aromatic heterocycles. The Morgan fingerprint density at radius 3 is 2.50 bits per heavy atom. The van der Waals surface area contributed by atoms with Gasteiger partial charge in [0.1, 0.15) is 18.4 Å². The zero-order valence-electron chi connectivity index (χ0n) is 16.0. The summed E-state index contributed by atoms with van der Waals surface area (Å²) in [7, 11) is 1.61. The van der Waals surface area contributed by atoms with Crippen LogP contribution in [-0.4, -0.2) is 42.5 Å². The fourth-order valence-corrected chi connectivity index (χ4v) is 3.42. The molecule has 1 saturated heterocycles. The van der Waals surface area contributed by atoms with E-state index in [0.29, 0.717) is 19.4 Å². The molecule has 3 rings (SSSR count). The number of hydrogen-bond acceptors (Lipinski definition) is 5. The zero-order valence-corrected chi connectivity index (χ0v) is 16.0. The van der Waals surface area contributed by atoms with E-state index in [1.54, 1.807) is 12.0 Å². The molecule has 28 heavy (non-hydrogen) atoms. The van der Waals surface area contributed by atoms with Gasteiger partial charge in [-0.2, -0.15) is 0 Å². The van der Waals surface area contributed by atoms with E-state index in [2.05, 4.69) is 0 Å². The lowest BCUT2D eigenvalue weighted by Crippen LogP contribution is -2.49. The van der Waals surface area contributed by atoms with Crippen molar-refractivity contribution in [2.75, 3.05) is 13.7 Å². The topological polar surface area (TPSA) is 81.9 Å². The minimum absolute atomic E-state index is 0.204. The quantitative estimate of drug-likeness (QED) is 0.743. The lowest BCUT2D eigenvalue weighted by atomic mass is 10.0. The molecule has 6 nitrogen and oxygen atoms in total. The Morgan fingerprint density at radius 1 is 1.11 bits per heavy atom. The molecule has 0 bridgehead atoms. The number of hydrogen-bond donors (Lipinski definition) is 1. The second-order valence-corrected chi connectivity index (χ2v) is 6.94. The molecule has 0 unspecified atom stereocenters. The van der Waals surface area contributed by atoms with Gasteiger partial charge < -0.3 is 20.1 Å². The van der Waals surface area contributed by atoms with Crippen molar-refractivity contribution in [1.82, 2.24) is 4.90 Å². The van der Waals surface area contributed by atoms with Crippen LogP contribution in [-0.2, 0) is 27.4 Å². The van der Waals surface area contributed by atoms with Gasteiger partial charge in [-0.3, -0.25) is 4.79 Å². The molecule has 2 atom stereocenters. The molecule has 0 aliphatic carbocycles. The maximum absolute atomic E-state index is 12.8. The number of methoxy groups -OCH3 is 1. The summed E-state index contributed by atoms with van der Waals surface area (Å²) in [6.07, 6.45) is 1.78. The summed E-state index contributed by atoms with van der Waals surface area (Å²) in [6.45, 7) is 0.732. The van der Waals surface area contributed by atoms with Crippen LogP contribution in [0, 0.1) is 0 Å². The maximum Gasteiger partial charge on any atom is 0.329 e. The number of amides is 1. The van der Waals surface area contributed by atoms with E-state index in [1.165, 1.54) is 0 Å². The minimum Gasteiger partial charge on any atom is -0.497 e. The molecule has 0 saturated carbocycles. The van der Waals surface area contributed by atoms with Crippen LogP contribution in [0.2, 0.25) is 0 Å². The molecule has 0 radical (unpaired) electrons. The van der Waals surface area contributed by atoms with Crippen LogP contribution in [0.25, 0.3) is 0 Å². The van der Waals surface area contributed by atoms with E-state index in [1.807, 2.05) is 54.6 Å². The number of esters is 1. The highest BCUT2D eigenvalue weighted by atomic mass is 16.5. The van der Waals surface area contributed by atoms with Gasteiger partial charge >= 0.3 is 5.97 Å². The van der Waals surface area contributed by atoms with Gasteiger partial charge in [-0.25, -0.2) is 4.79 Å². The highest BCUT2D eigenvalue weighted by molar-refractivity contribution is 5.88. The van der Waals surface area contributed by atoms with Crippen LogP contribution in [0.15, 0.2) is 54.6 Å². The van der Waals surface area contributed by atoms with Crippen molar-refractivity contribution < 1.29 is 19.1 Å². The summed E-state index contributed by atoms with van der Waals surface area (Å²) in [5.41, 5.74) is 8.02. The largest absolute Gasteiger partial charge is 0.497 e. The summed E-state index contributed by atoms with van der Waals surface area (Å²) in [5.74, 6) is 0.172. The average Bonchev–Trinajstić information content (AvgIpc) is 3.22. The van der Waals surface area contributed by atoms with Gasteiger partial charge in [0, 0.05) is 6.54 Å². The molecule has 1 fully saturated rings. The maximum atomic E-state index is 12.8. The highest BCUT2D eigenvalue weighted by Gasteiger charge is 2.37. The monoisotopic (exact) mass is 382 g/mol. The molecule has 0 spiro atoms. The average molecular weight is 382 g/mol. The number of nitrogens with zero attached hydrogens (tertiary/aromatic N) is 1. The first-order chi connectivity index (χ1) is 13.6. The molecule has 2 aromatic carbocycles. The van der Waals surface area contributed by atoms with Gasteiger partial charge in [-0.1, -0.05) is 42.5 Å². The molecule has 6 heteroatoms. The van der Waals surface area contributed by atoms with E-state index >= 15 is 0 Å². The van der Waals surface area contributed by atoms with Gasteiger partial charge in [0.2, 0.25) is 5.91 Å². The normalized spacial score (nSPS) is 17.2. The fourth-order valence-electron chi connectivity index (χ4n) is 3.42. The van der Waals surface area contributed by atoms with E-state index < -0.39 is 12.1 Å². The lowest BCUT2D eigenvalue weighted by molar-refractivity contribution is -0.154. The first kappa shape index (κ1) is 19.9. The summed E-state index contributed by atoms with van der Waals surface area (Å²) in [6, 6.07) is 15.7. The molecular weight excluding hydrogens is 356 g/mol. The number of ether oxygens (including phenoxy) is 2. The molecule has 1 aliphatic heterocycles. The van der Waals surface area contributed by atoms with Crippen LogP contribution in [0.1, 0.15) is 24.0 Å². The predicted molar refractivity (Wildman–Crippen MR) is 106 cm³/mol. The Labute approximate surface area is 165 Å². The Morgan fingerprint density at radius 2 is 1.82 bits per heavy atom. The standard InChI is InChI=1S/C22H26N2O4/c1-27-18-11-9-16(10-12-18)14-19(23)21(25)24-13-5-8-20(24)22(26)28-15-17-6-3-2-4-7-17/h2-4,6-7,9-12,19-20H,5,8,13-15,23H2,1H3/t19-,20+/m0/s1. The van der Waals surface area contributed by atoms with Crippen molar-refractivity contribution in [3.63, 3.8) is 0 Å². The third-order valence-electron chi connectivity index (χ3n) is 4.96. The number of likely N-dealkylation sites (tertiary alicyclic amines) is 1. The van der Waals surface area contributed by atoms with Gasteiger partial charge in [-0.15, -0.1) is 0 Å². The highest BCUT2D eigenvalue weighted by Crippen LogP contribution is 2.21. The van der Waals surface area contributed by atoms with Crippen molar-refractivity contribution in [1.29, 1.82) is 0 Å². The second-order valence-electron chi connectivity index (χ2n) is 6.94. The first-order valence-electron chi connectivity index (χ1n) is 9.48. The lowest BCUT2D eigenvalue weighted by Gasteiger charge is -2.26. The minimum atomic E-state index is -0.698. The Bertz CT molecular complexity index is 792. The van der Waals surface area contributed by atoms with Crippen LogP contribution >= 0.6 is 0 Å². The molecule has 2 aromatic rings. The van der Waals surface area contributed by atoms with Gasteiger partial charge in [0.15, 0.2) is 0 Å². The molecule has 1 heterocycles. The summed E-state index contributed by atoms with van der Waals surface area (Å²) in [4.78, 5) is 26.9. The van der Waals surface area contributed by atoms with Crippen molar-refractivity contribution in [3.8, 4) is 5.75 Å². The summed E-state index contributed by atoms with van der Waals surface area (Å²) in [5, 5.41) is 0. The van der Waals surface area contributed by atoms with Crippen LogP contribution in [0.4, 0.5) is 0 Å². The Balaban J connectivity index is 1.57. The number of carbonyl (C=O) groups is 2. The van der Waals surface area contributed by atoms with E-state index in [-0.39, 0.29) is 18.5 Å². The second kappa shape index (κ2) is 9.37. The third-order valence-corrected chi connectivity index (χ3v) is 4.96. The Hall–Kier alpha value is -2.86. The van der Waals surface area contributed by atoms with E-state index in [0.717, 1.165) is 23.3 Å². The van der Waals surface area contributed by atoms with Crippen LogP contribution in [0.5, 0.6) is 5.75 Å². The van der Waals surface area contributed by atoms with Crippen molar-refractivity contribution >= 4 is 11.9 Å². The molecule has 1 amide bonds. The van der Waals surface area contributed by atoms with Crippen LogP contribution in [0.3, 0.4) is 0 Å². The number of benzene rings is 2. The smallest absolute Gasteiger partial charge is 0.329 e. The van der Waals surface area contributed by atoms with Gasteiger partial charge in [-0.05, 0) is 42.5 Å². The molecule has 148 valence electrons. The van der Waals surface area contributed by atoms with Crippen molar-refractivity contribution in [2.24, 2.45) is 5.73 Å². The number of nitrogens with two attached hydrogens (primary N) is 1. The number of carbonyl (C=O) groups excluding carboxylic acids is 2. The zero-order chi connectivity index (χ0) is 19.9. The first-order valence-corrected chi connectivity index (χ1v) is 9.48. The summed E-state index contributed by atoms with van der Waals surface area (Å²) < 4.78 is 10.6. The van der Waals surface area contributed by atoms with Gasteiger partial charge in [0.05, 0.1) is 13.2 Å². The predicted octanol–water partition coefficient (Wildman–Crippen LogP) is 2.30. The fraction of sp³-hybridized carbons (Fsp3) is 0.364. The Kier molecular flexibility index (Phi) is 6.66. The van der Waals surface area contributed by atoms with Crippen molar-refractivity contribution in [3.05, 3.63) is 65.7 Å². The molecule has 1 aliphatic rings. The van der Waals surface area contributed by atoms with E-state index in [4.69, 9.17) is 15.2 Å².